The molecule has 3 aromatic heterocycles. The van der Waals surface area contributed by atoms with Crippen molar-refractivity contribution in [3.8, 4) is 16.9 Å². The number of nitrogens with zero attached hydrogens (tertiary/aromatic N) is 3. The average molecular weight is 480 g/mol. The molecule has 0 bridgehead atoms. The monoisotopic (exact) mass is 479 g/mol. The number of aromatic nitrogens is 4. The summed E-state index contributed by atoms with van der Waals surface area (Å²) in [5, 5.41) is 15.0. The van der Waals surface area contributed by atoms with Crippen molar-refractivity contribution in [2.45, 2.75) is 10.1 Å². The zero-order valence-corrected chi connectivity index (χ0v) is 19.3. The van der Waals surface area contributed by atoms with Crippen molar-refractivity contribution in [1.29, 1.82) is 0 Å². The van der Waals surface area contributed by atoms with Gasteiger partial charge in [0.2, 0.25) is 5.13 Å². The van der Waals surface area contributed by atoms with Crippen molar-refractivity contribution in [2.24, 2.45) is 0 Å². The Labute approximate surface area is 195 Å². The van der Waals surface area contributed by atoms with Gasteiger partial charge in [-0.2, -0.15) is 0 Å². The van der Waals surface area contributed by atoms with Crippen LogP contribution in [0.15, 0.2) is 69.1 Å². The van der Waals surface area contributed by atoms with Crippen LogP contribution in [0.5, 0.6) is 5.75 Å². The van der Waals surface area contributed by atoms with E-state index in [1.165, 1.54) is 34.4 Å². The molecule has 10 heteroatoms. The third-order valence-electron chi connectivity index (χ3n) is 4.66. The summed E-state index contributed by atoms with van der Waals surface area (Å²) in [7, 11) is 1.64. The molecular weight excluding hydrogens is 462 g/mol. The second kappa shape index (κ2) is 9.11. The fraction of sp³-hybridized carbons (Fsp3) is 0.0909. The van der Waals surface area contributed by atoms with Crippen molar-refractivity contribution in [3.63, 3.8) is 0 Å². The molecule has 0 fully saturated rings. The zero-order chi connectivity index (χ0) is 21.9. The van der Waals surface area contributed by atoms with Gasteiger partial charge in [-0.05, 0) is 29.8 Å². The number of hydrogen-bond acceptors (Lipinski definition) is 9. The minimum atomic E-state index is -0.121. The number of thioether (sulfide) groups is 1. The molecule has 0 aliphatic rings. The minimum Gasteiger partial charge on any atom is -0.497 e. The molecule has 0 spiro atoms. The first-order chi connectivity index (χ1) is 15.7. The van der Waals surface area contributed by atoms with E-state index in [9.17, 15) is 4.79 Å². The third-order valence-corrected chi connectivity index (χ3v) is 7.51. The first-order valence-electron chi connectivity index (χ1n) is 9.63. The summed E-state index contributed by atoms with van der Waals surface area (Å²) in [6.45, 7) is 0. The Hall–Kier alpha value is -3.21. The second-order valence-corrected chi connectivity index (χ2v) is 9.78. The number of anilines is 2. The SMILES string of the molecule is COc1ccc(Nc2nnc(SCc3nc4scc(-c5ccccc5)c4c(=O)[nH]3)s2)cc1. The number of hydrogen-bond donors (Lipinski definition) is 2. The van der Waals surface area contributed by atoms with Crippen LogP contribution < -0.4 is 15.6 Å². The molecule has 2 aromatic carbocycles. The Morgan fingerprint density at radius 1 is 1.09 bits per heavy atom. The molecule has 5 rings (SSSR count). The predicted molar refractivity (Wildman–Crippen MR) is 131 cm³/mol. The van der Waals surface area contributed by atoms with Gasteiger partial charge in [0.15, 0.2) is 4.34 Å². The highest BCUT2D eigenvalue weighted by Gasteiger charge is 2.14. The van der Waals surface area contributed by atoms with Crippen LogP contribution in [0.1, 0.15) is 5.82 Å². The Morgan fingerprint density at radius 3 is 2.69 bits per heavy atom. The fourth-order valence-electron chi connectivity index (χ4n) is 3.14. The molecule has 32 heavy (non-hydrogen) atoms. The van der Waals surface area contributed by atoms with Crippen LogP contribution in [-0.2, 0) is 5.75 Å². The smallest absolute Gasteiger partial charge is 0.260 e. The molecule has 2 N–H and O–H groups in total. The molecule has 0 aliphatic heterocycles. The summed E-state index contributed by atoms with van der Waals surface area (Å²) >= 11 is 4.42. The van der Waals surface area contributed by atoms with Gasteiger partial charge >= 0.3 is 0 Å². The Bertz CT molecular complexity index is 1410. The second-order valence-electron chi connectivity index (χ2n) is 6.72. The average Bonchev–Trinajstić information content (AvgIpc) is 3.46. The van der Waals surface area contributed by atoms with E-state index in [1.807, 2.05) is 60.0 Å². The summed E-state index contributed by atoms with van der Waals surface area (Å²) < 4.78 is 5.96. The van der Waals surface area contributed by atoms with E-state index < -0.39 is 0 Å². The molecule has 0 unspecified atom stereocenters. The van der Waals surface area contributed by atoms with Crippen molar-refractivity contribution in [3.05, 3.63) is 76.2 Å². The largest absolute Gasteiger partial charge is 0.497 e. The maximum absolute atomic E-state index is 12.8. The number of fused-ring (bicyclic) bond motifs is 1. The lowest BCUT2D eigenvalue weighted by Crippen LogP contribution is -2.10. The van der Waals surface area contributed by atoms with Crippen LogP contribution in [0.3, 0.4) is 0 Å². The highest BCUT2D eigenvalue weighted by Crippen LogP contribution is 2.32. The predicted octanol–water partition coefficient (Wildman–Crippen LogP) is 5.55. The van der Waals surface area contributed by atoms with E-state index in [4.69, 9.17) is 4.74 Å². The van der Waals surface area contributed by atoms with Crippen LogP contribution in [0, 0.1) is 0 Å². The summed E-state index contributed by atoms with van der Waals surface area (Å²) in [4.78, 5) is 21.1. The lowest BCUT2D eigenvalue weighted by atomic mass is 10.1. The standard InChI is InChI=1S/C22H17N5O2S3/c1-29-15-9-7-14(8-10-15)23-21-26-27-22(32-21)31-12-17-24-19(28)18-16(11-30-20(18)25-17)13-5-3-2-4-6-13/h2-11H,12H2,1H3,(H,23,26)(H,24,25,28). The maximum atomic E-state index is 12.8. The van der Waals surface area contributed by atoms with Crippen LogP contribution in [0.2, 0.25) is 0 Å². The van der Waals surface area contributed by atoms with E-state index in [1.54, 1.807) is 7.11 Å². The molecule has 3 heterocycles. The molecule has 0 aliphatic carbocycles. The Morgan fingerprint density at radius 2 is 1.91 bits per heavy atom. The van der Waals surface area contributed by atoms with E-state index >= 15 is 0 Å². The van der Waals surface area contributed by atoms with Crippen molar-refractivity contribution in [2.75, 3.05) is 12.4 Å². The van der Waals surface area contributed by atoms with Crippen molar-refractivity contribution in [1.82, 2.24) is 20.2 Å². The van der Waals surface area contributed by atoms with E-state index in [0.717, 1.165) is 31.7 Å². The highest BCUT2D eigenvalue weighted by atomic mass is 32.2. The lowest BCUT2D eigenvalue weighted by Gasteiger charge is -2.03. The third kappa shape index (κ3) is 4.38. The molecule has 7 nitrogen and oxygen atoms in total. The van der Waals surface area contributed by atoms with Gasteiger partial charge in [-0.15, -0.1) is 21.5 Å². The fourth-order valence-corrected chi connectivity index (χ4v) is 5.75. The molecule has 0 saturated carbocycles. The van der Waals surface area contributed by atoms with Gasteiger partial charge in [0.25, 0.3) is 5.56 Å². The van der Waals surface area contributed by atoms with Crippen LogP contribution in [-0.4, -0.2) is 27.3 Å². The Balaban J connectivity index is 1.29. The number of thiophene rings is 1. The summed E-state index contributed by atoms with van der Waals surface area (Å²) in [5.41, 5.74) is 2.71. The summed E-state index contributed by atoms with van der Waals surface area (Å²) in [6, 6.07) is 17.5. The minimum absolute atomic E-state index is 0.121. The van der Waals surface area contributed by atoms with E-state index in [2.05, 4.69) is 25.5 Å². The topological polar surface area (TPSA) is 92.8 Å². The number of ether oxygens (including phenoxy) is 1. The van der Waals surface area contributed by atoms with Crippen LogP contribution >= 0.6 is 34.4 Å². The normalized spacial score (nSPS) is 11.0. The first-order valence-corrected chi connectivity index (χ1v) is 12.3. The molecular formula is C22H17N5O2S3. The van der Waals surface area contributed by atoms with Crippen LogP contribution in [0.4, 0.5) is 10.8 Å². The molecule has 5 aromatic rings. The number of methoxy groups -OCH3 is 1. The van der Waals surface area contributed by atoms with Crippen molar-refractivity contribution >= 4 is 55.5 Å². The summed E-state index contributed by atoms with van der Waals surface area (Å²) in [5.74, 6) is 1.92. The van der Waals surface area contributed by atoms with Gasteiger partial charge in [-0.1, -0.05) is 53.4 Å². The van der Waals surface area contributed by atoms with Gasteiger partial charge in [-0.3, -0.25) is 4.79 Å². The van der Waals surface area contributed by atoms with E-state index in [-0.39, 0.29) is 5.56 Å². The van der Waals surface area contributed by atoms with E-state index in [0.29, 0.717) is 22.1 Å². The summed E-state index contributed by atoms with van der Waals surface area (Å²) in [6.07, 6.45) is 0. The quantitative estimate of drug-likeness (QED) is 0.296. The molecule has 0 atom stereocenters. The lowest BCUT2D eigenvalue weighted by molar-refractivity contribution is 0.415. The number of aromatic amines is 1. The van der Waals surface area contributed by atoms with Crippen LogP contribution in [0.25, 0.3) is 21.3 Å². The highest BCUT2D eigenvalue weighted by molar-refractivity contribution is 8.00. The molecule has 160 valence electrons. The number of rotatable bonds is 7. The Kier molecular flexibility index (Phi) is 5.89. The zero-order valence-electron chi connectivity index (χ0n) is 16.9. The van der Waals surface area contributed by atoms with Gasteiger partial charge in [-0.25, -0.2) is 4.98 Å². The molecule has 0 saturated heterocycles. The number of H-pyrrole nitrogens is 1. The van der Waals surface area contributed by atoms with Crippen molar-refractivity contribution < 1.29 is 4.74 Å². The molecule has 0 amide bonds. The first kappa shape index (κ1) is 20.7. The van der Waals surface area contributed by atoms with Gasteiger partial charge in [0.05, 0.1) is 18.2 Å². The van der Waals surface area contributed by atoms with Gasteiger partial charge in [0.1, 0.15) is 16.4 Å². The molecule has 0 radical (unpaired) electrons. The number of nitrogens with one attached hydrogen (secondary N) is 2. The van der Waals surface area contributed by atoms with Gasteiger partial charge in [0, 0.05) is 16.6 Å². The number of benzene rings is 2. The maximum Gasteiger partial charge on any atom is 0.260 e. The van der Waals surface area contributed by atoms with Gasteiger partial charge < -0.3 is 15.0 Å².